The Morgan fingerprint density at radius 1 is 1.05 bits per heavy atom. The van der Waals surface area contributed by atoms with Gasteiger partial charge in [0.15, 0.2) is 0 Å². The molecule has 2 rings (SSSR count). The van der Waals surface area contributed by atoms with E-state index in [1.54, 1.807) is 37.5 Å². The first-order valence-electron chi connectivity index (χ1n) is 12.3. The van der Waals surface area contributed by atoms with E-state index in [-0.39, 0.29) is 17.2 Å². The third-order valence-corrected chi connectivity index (χ3v) is 5.30. The highest BCUT2D eigenvalue weighted by molar-refractivity contribution is 5.71. The number of allylic oxidation sites excluding steroid dienone is 5. The molecule has 0 aliphatic rings. The number of methoxy groups -OCH3 is 2. The van der Waals surface area contributed by atoms with E-state index in [2.05, 4.69) is 38.7 Å². The van der Waals surface area contributed by atoms with Crippen LogP contribution in [0.15, 0.2) is 85.7 Å². The van der Waals surface area contributed by atoms with E-state index in [1.165, 1.54) is 13.2 Å². The fourth-order valence-corrected chi connectivity index (χ4v) is 3.50. The fourth-order valence-electron chi connectivity index (χ4n) is 3.50. The minimum Gasteiger partial charge on any atom is -0.497 e. The molecule has 0 radical (unpaired) electrons. The van der Waals surface area contributed by atoms with Crippen LogP contribution in [-0.4, -0.2) is 20.2 Å². The van der Waals surface area contributed by atoms with Crippen molar-refractivity contribution in [3.63, 3.8) is 0 Å². The third-order valence-electron chi connectivity index (χ3n) is 5.30. The van der Waals surface area contributed by atoms with Crippen LogP contribution in [0, 0.1) is 5.82 Å². The molecule has 0 N–H and O–H groups in total. The Bertz CT molecular complexity index is 1090. The monoisotopic (exact) mass is 508 g/mol. The molecule has 0 saturated heterocycles. The zero-order valence-corrected chi connectivity index (χ0v) is 23.1. The molecule has 0 atom stereocenters. The van der Waals surface area contributed by atoms with E-state index >= 15 is 0 Å². The van der Waals surface area contributed by atoms with Gasteiger partial charge in [0.1, 0.15) is 23.9 Å². The number of rotatable bonds is 11. The zero-order chi connectivity index (χ0) is 27.8. The molecule has 2 aromatic rings. The lowest BCUT2D eigenvalue weighted by Crippen LogP contribution is -2.13. The predicted molar refractivity (Wildman–Crippen MR) is 151 cm³/mol. The summed E-state index contributed by atoms with van der Waals surface area (Å²) in [7, 11) is 2.96. The van der Waals surface area contributed by atoms with Crippen LogP contribution in [0.4, 0.5) is 4.39 Å². The molecule has 0 bridgehead atoms. The van der Waals surface area contributed by atoms with E-state index in [0.29, 0.717) is 36.5 Å². The number of unbranched alkanes of at least 4 members (excludes halogenated alkanes) is 1. The summed E-state index contributed by atoms with van der Waals surface area (Å²) in [5.41, 5.74) is 3.09. The Hall–Kier alpha value is -3.60. The smallest absolute Gasteiger partial charge is 0.305 e. The minimum absolute atomic E-state index is 0.176. The molecule has 37 heavy (non-hydrogen) atoms. The molecule has 2 aromatic carbocycles. The van der Waals surface area contributed by atoms with Crippen molar-refractivity contribution >= 4 is 5.97 Å². The number of hydrogen-bond acceptors (Lipinski definition) is 4. The lowest BCUT2D eigenvalue weighted by atomic mass is 9.81. The standard InChI is InChI=1S/C29H35FO4.C3H6/c1-7-11-22(12-9-8-10-13-28(31)33-6)34-20-21-14-16-26(29(2,3)4)24(18-21)25-19-23(32-5)15-17-27(25)30;1-3-2/h7,9,11-12,14-19H,1,8,10,13,20H2,2-6H3;3H,1H2,2H3/b12-9-,22-11+;. The van der Waals surface area contributed by atoms with E-state index in [9.17, 15) is 9.18 Å². The van der Waals surface area contributed by atoms with Gasteiger partial charge in [0.2, 0.25) is 0 Å². The molecular formula is C32H41FO4. The van der Waals surface area contributed by atoms with E-state index in [4.69, 9.17) is 9.47 Å². The minimum atomic E-state index is -0.300. The summed E-state index contributed by atoms with van der Waals surface area (Å²) in [5, 5.41) is 0. The van der Waals surface area contributed by atoms with Crippen molar-refractivity contribution in [2.24, 2.45) is 0 Å². The number of carbonyl (C=O) groups excluding carboxylic acids is 1. The van der Waals surface area contributed by atoms with Crippen LogP contribution in [0.2, 0.25) is 0 Å². The number of hydrogen-bond donors (Lipinski definition) is 0. The first-order valence-corrected chi connectivity index (χ1v) is 12.3. The molecule has 0 heterocycles. The van der Waals surface area contributed by atoms with Crippen molar-refractivity contribution in [3.8, 4) is 16.9 Å². The average molecular weight is 509 g/mol. The Labute approximate surface area is 222 Å². The van der Waals surface area contributed by atoms with Crippen LogP contribution in [0.5, 0.6) is 5.75 Å². The maximum atomic E-state index is 14.8. The number of halogens is 1. The lowest BCUT2D eigenvalue weighted by Gasteiger charge is -2.24. The molecule has 200 valence electrons. The van der Waals surface area contributed by atoms with Gasteiger partial charge in [-0.1, -0.05) is 57.7 Å². The molecule has 0 aromatic heterocycles. The first-order chi connectivity index (χ1) is 17.6. The van der Waals surface area contributed by atoms with Gasteiger partial charge in [-0.05, 0) is 78.3 Å². The highest BCUT2D eigenvalue weighted by Crippen LogP contribution is 2.36. The van der Waals surface area contributed by atoms with Gasteiger partial charge in [-0.2, -0.15) is 0 Å². The van der Waals surface area contributed by atoms with Crippen LogP contribution in [0.25, 0.3) is 11.1 Å². The number of ether oxygens (including phenoxy) is 3. The van der Waals surface area contributed by atoms with Crippen molar-refractivity contribution in [1.82, 2.24) is 0 Å². The van der Waals surface area contributed by atoms with Crippen molar-refractivity contribution in [2.75, 3.05) is 14.2 Å². The molecule has 0 spiro atoms. The largest absolute Gasteiger partial charge is 0.497 e. The molecule has 0 saturated carbocycles. The maximum Gasteiger partial charge on any atom is 0.305 e. The zero-order valence-electron chi connectivity index (χ0n) is 23.1. The molecule has 0 unspecified atom stereocenters. The lowest BCUT2D eigenvalue weighted by molar-refractivity contribution is -0.140. The summed E-state index contributed by atoms with van der Waals surface area (Å²) >= 11 is 0. The van der Waals surface area contributed by atoms with Crippen molar-refractivity contribution in [3.05, 3.63) is 103 Å². The van der Waals surface area contributed by atoms with E-state index in [1.807, 2.05) is 37.3 Å². The summed E-state index contributed by atoms with van der Waals surface area (Å²) in [6.07, 6.45) is 10.8. The van der Waals surface area contributed by atoms with Gasteiger partial charge in [-0.15, -0.1) is 6.58 Å². The Morgan fingerprint density at radius 3 is 2.35 bits per heavy atom. The van der Waals surface area contributed by atoms with Crippen LogP contribution >= 0.6 is 0 Å². The van der Waals surface area contributed by atoms with E-state index in [0.717, 1.165) is 23.1 Å². The molecule has 5 heteroatoms. The van der Waals surface area contributed by atoms with Gasteiger partial charge >= 0.3 is 5.97 Å². The van der Waals surface area contributed by atoms with Gasteiger partial charge < -0.3 is 14.2 Å². The second-order valence-electron chi connectivity index (χ2n) is 9.35. The van der Waals surface area contributed by atoms with Crippen LogP contribution in [0.1, 0.15) is 58.1 Å². The second-order valence-corrected chi connectivity index (χ2v) is 9.35. The van der Waals surface area contributed by atoms with Crippen molar-refractivity contribution in [1.29, 1.82) is 0 Å². The molecule has 0 fully saturated rings. The number of carbonyl (C=O) groups is 1. The molecule has 0 aliphatic heterocycles. The topological polar surface area (TPSA) is 44.8 Å². The quantitative estimate of drug-likeness (QED) is 0.100. The third kappa shape index (κ3) is 10.9. The molecular weight excluding hydrogens is 467 g/mol. The molecule has 0 amide bonds. The van der Waals surface area contributed by atoms with Gasteiger partial charge in [-0.25, -0.2) is 4.39 Å². The highest BCUT2D eigenvalue weighted by atomic mass is 19.1. The summed E-state index contributed by atoms with van der Waals surface area (Å²) in [5.74, 6) is 0.744. The van der Waals surface area contributed by atoms with Gasteiger partial charge in [0, 0.05) is 12.0 Å². The number of esters is 1. The average Bonchev–Trinajstić information content (AvgIpc) is 2.86. The Kier molecular flexibility index (Phi) is 13.8. The van der Waals surface area contributed by atoms with Crippen LogP contribution < -0.4 is 4.74 Å². The SMILES string of the molecule is C=C/C=C(\C=C/CCCC(=O)OC)OCc1ccc(C(C)(C)C)c(-c2cc(OC)ccc2F)c1.C=CC. The predicted octanol–water partition coefficient (Wildman–Crippen LogP) is 8.48. The molecule has 4 nitrogen and oxygen atoms in total. The van der Waals surface area contributed by atoms with Gasteiger partial charge in [-0.3, -0.25) is 4.79 Å². The Balaban J connectivity index is 0.00000217. The summed E-state index contributed by atoms with van der Waals surface area (Å²) in [6.45, 7) is 15.6. The van der Waals surface area contributed by atoms with Gasteiger partial charge in [0.25, 0.3) is 0 Å². The fraction of sp³-hybridized carbons (Fsp3) is 0.344. The second kappa shape index (κ2) is 16.2. The number of benzene rings is 2. The highest BCUT2D eigenvalue weighted by Gasteiger charge is 2.21. The van der Waals surface area contributed by atoms with Crippen LogP contribution in [0.3, 0.4) is 0 Å². The maximum absolute atomic E-state index is 14.8. The normalized spacial score (nSPS) is 11.4. The summed E-state index contributed by atoms with van der Waals surface area (Å²) < 4.78 is 30.8. The van der Waals surface area contributed by atoms with Crippen molar-refractivity contribution < 1.29 is 23.4 Å². The van der Waals surface area contributed by atoms with Crippen LogP contribution in [-0.2, 0) is 26.3 Å². The molecule has 0 aliphatic carbocycles. The first kappa shape index (κ1) is 31.4. The Morgan fingerprint density at radius 2 is 1.76 bits per heavy atom. The van der Waals surface area contributed by atoms with Gasteiger partial charge in [0.05, 0.1) is 14.2 Å². The summed E-state index contributed by atoms with van der Waals surface area (Å²) in [6, 6.07) is 10.8. The summed E-state index contributed by atoms with van der Waals surface area (Å²) in [4.78, 5) is 11.2. The van der Waals surface area contributed by atoms with Crippen molar-refractivity contribution in [2.45, 2.75) is 59.0 Å². The van der Waals surface area contributed by atoms with E-state index < -0.39 is 0 Å².